The average molecular weight is 209 g/mol. The van der Waals surface area contributed by atoms with Crippen molar-refractivity contribution in [1.29, 1.82) is 5.26 Å². The minimum absolute atomic E-state index is 0.957. The first kappa shape index (κ1) is 10.3. The van der Waals surface area contributed by atoms with Crippen molar-refractivity contribution in [3.8, 4) is 6.07 Å². The predicted octanol–water partition coefficient (Wildman–Crippen LogP) is 4.12. The van der Waals surface area contributed by atoms with Crippen molar-refractivity contribution in [2.75, 3.05) is 0 Å². The van der Waals surface area contributed by atoms with Crippen LogP contribution in [0.25, 0.3) is 21.7 Å². The standard InChI is InChI=1S/C12H8O.C2H3N/c1-2-4-10-8-12-11(5-6-13-12)7-9(10)3-1;1-2-3/h1-8H;1H3. The Morgan fingerprint density at radius 2 is 1.62 bits per heavy atom. The zero-order valence-corrected chi connectivity index (χ0v) is 8.97. The van der Waals surface area contributed by atoms with E-state index in [0.717, 1.165) is 5.58 Å². The number of rotatable bonds is 0. The number of hydrogen-bond acceptors (Lipinski definition) is 2. The van der Waals surface area contributed by atoms with Crippen LogP contribution in [0.5, 0.6) is 0 Å². The van der Waals surface area contributed by atoms with Gasteiger partial charge in [-0.2, -0.15) is 5.26 Å². The van der Waals surface area contributed by atoms with Crippen LogP contribution in [0.15, 0.2) is 53.1 Å². The van der Waals surface area contributed by atoms with Gasteiger partial charge < -0.3 is 4.42 Å². The van der Waals surface area contributed by atoms with Gasteiger partial charge in [0, 0.05) is 12.3 Å². The number of furan rings is 1. The van der Waals surface area contributed by atoms with E-state index in [1.165, 1.54) is 23.1 Å². The van der Waals surface area contributed by atoms with E-state index in [1.807, 2.05) is 18.2 Å². The van der Waals surface area contributed by atoms with Crippen LogP contribution in [0.4, 0.5) is 0 Å². The summed E-state index contributed by atoms with van der Waals surface area (Å²) in [6.07, 6.45) is 1.73. The van der Waals surface area contributed by atoms with Crippen molar-refractivity contribution in [2.45, 2.75) is 6.92 Å². The predicted molar refractivity (Wildman–Crippen MR) is 65.0 cm³/mol. The molecule has 2 heteroatoms. The molecule has 0 saturated carbocycles. The molecule has 3 aromatic rings. The number of fused-ring (bicyclic) bond motifs is 2. The smallest absolute Gasteiger partial charge is 0.134 e. The summed E-state index contributed by atoms with van der Waals surface area (Å²) in [4.78, 5) is 0. The Morgan fingerprint density at radius 3 is 2.31 bits per heavy atom. The van der Waals surface area contributed by atoms with E-state index in [9.17, 15) is 0 Å². The summed E-state index contributed by atoms with van der Waals surface area (Å²) in [5.41, 5.74) is 0.957. The fourth-order valence-corrected chi connectivity index (χ4v) is 1.65. The van der Waals surface area contributed by atoms with E-state index in [4.69, 9.17) is 9.68 Å². The minimum Gasteiger partial charge on any atom is -0.464 e. The van der Waals surface area contributed by atoms with Gasteiger partial charge in [0.05, 0.1) is 12.3 Å². The van der Waals surface area contributed by atoms with Crippen LogP contribution in [0.3, 0.4) is 0 Å². The highest BCUT2D eigenvalue weighted by Crippen LogP contribution is 2.22. The monoisotopic (exact) mass is 209 g/mol. The molecule has 0 aliphatic carbocycles. The zero-order valence-electron chi connectivity index (χ0n) is 8.97. The lowest BCUT2D eigenvalue weighted by molar-refractivity contribution is 0.616. The topological polar surface area (TPSA) is 36.9 Å². The van der Waals surface area contributed by atoms with Gasteiger partial charge in [-0.3, -0.25) is 0 Å². The largest absolute Gasteiger partial charge is 0.464 e. The second-order valence-corrected chi connectivity index (χ2v) is 3.38. The molecule has 0 radical (unpaired) electrons. The molecule has 3 rings (SSSR count). The van der Waals surface area contributed by atoms with Crippen molar-refractivity contribution < 1.29 is 4.42 Å². The third-order valence-electron chi connectivity index (χ3n) is 2.32. The van der Waals surface area contributed by atoms with Crippen molar-refractivity contribution in [1.82, 2.24) is 0 Å². The summed E-state index contributed by atoms with van der Waals surface area (Å²) < 4.78 is 5.33. The Kier molecular flexibility index (Phi) is 2.88. The summed E-state index contributed by atoms with van der Waals surface area (Å²) in [7, 11) is 0. The molecule has 1 heterocycles. The normalized spacial score (nSPS) is 9.50. The molecule has 0 unspecified atom stereocenters. The molecular formula is C14H11NO. The highest BCUT2D eigenvalue weighted by molar-refractivity contribution is 5.95. The Morgan fingerprint density at radius 1 is 1.00 bits per heavy atom. The summed E-state index contributed by atoms with van der Waals surface area (Å²) in [5, 5.41) is 11.0. The Balaban J connectivity index is 0.000000292. The molecule has 0 atom stereocenters. The lowest BCUT2D eigenvalue weighted by Gasteiger charge is -1.95. The second kappa shape index (κ2) is 4.50. The van der Waals surface area contributed by atoms with Crippen LogP contribution in [0.1, 0.15) is 6.92 Å². The molecule has 0 aliphatic rings. The molecule has 0 fully saturated rings. The summed E-state index contributed by atoms with van der Waals surface area (Å²) in [5.74, 6) is 0. The first-order valence-electron chi connectivity index (χ1n) is 5.02. The maximum atomic E-state index is 7.32. The van der Waals surface area contributed by atoms with Gasteiger partial charge in [0.25, 0.3) is 0 Å². The first-order chi connectivity index (χ1) is 7.85. The molecule has 16 heavy (non-hydrogen) atoms. The molecule has 0 bridgehead atoms. The van der Waals surface area contributed by atoms with Gasteiger partial charge in [0.15, 0.2) is 0 Å². The third-order valence-corrected chi connectivity index (χ3v) is 2.32. The molecule has 0 saturated heterocycles. The van der Waals surface area contributed by atoms with Crippen LogP contribution >= 0.6 is 0 Å². The Labute approximate surface area is 93.7 Å². The van der Waals surface area contributed by atoms with E-state index in [-0.39, 0.29) is 0 Å². The van der Waals surface area contributed by atoms with E-state index in [0.29, 0.717) is 0 Å². The van der Waals surface area contributed by atoms with Gasteiger partial charge >= 0.3 is 0 Å². The molecule has 78 valence electrons. The van der Waals surface area contributed by atoms with Gasteiger partial charge in [0.1, 0.15) is 5.58 Å². The maximum absolute atomic E-state index is 7.32. The van der Waals surface area contributed by atoms with Crippen molar-refractivity contribution in [3.63, 3.8) is 0 Å². The fraction of sp³-hybridized carbons (Fsp3) is 0.0714. The highest BCUT2D eigenvalue weighted by Gasteiger charge is 1.98. The van der Waals surface area contributed by atoms with Gasteiger partial charge in [-0.15, -0.1) is 0 Å². The van der Waals surface area contributed by atoms with E-state index in [1.54, 1.807) is 12.3 Å². The third kappa shape index (κ3) is 1.89. The van der Waals surface area contributed by atoms with Crippen LogP contribution in [0.2, 0.25) is 0 Å². The first-order valence-corrected chi connectivity index (χ1v) is 5.02. The number of hydrogen-bond donors (Lipinski definition) is 0. The van der Waals surface area contributed by atoms with E-state index < -0.39 is 0 Å². The number of benzene rings is 2. The summed E-state index contributed by atoms with van der Waals surface area (Å²) >= 11 is 0. The second-order valence-electron chi connectivity index (χ2n) is 3.38. The molecular weight excluding hydrogens is 198 g/mol. The van der Waals surface area contributed by atoms with E-state index in [2.05, 4.69) is 24.3 Å². The molecule has 0 spiro atoms. The van der Waals surface area contributed by atoms with Gasteiger partial charge in [-0.25, -0.2) is 0 Å². The molecule has 2 nitrogen and oxygen atoms in total. The maximum Gasteiger partial charge on any atom is 0.134 e. The lowest BCUT2D eigenvalue weighted by atomic mass is 10.1. The van der Waals surface area contributed by atoms with Crippen molar-refractivity contribution in [3.05, 3.63) is 48.7 Å². The van der Waals surface area contributed by atoms with Gasteiger partial charge in [-0.1, -0.05) is 24.3 Å². The quantitative estimate of drug-likeness (QED) is 0.558. The lowest BCUT2D eigenvalue weighted by Crippen LogP contribution is -1.70. The summed E-state index contributed by atoms with van der Waals surface area (Å²) in [6, 6.07) is 16.3. The van der Waals surface area contributed by atoms with Crippen LogP contribution in [-0.4, -0.2) is 0 Å². The minimum atomic E-state index is 0.957. The molecule has 0 aliphatic heterocycles. The highest BCUT2D eigenvalue weighted by atomic mass is 16.3. The van der Waals surface area contributed by atoms with Crippen molar-refractivity contribution in [2.24, 2.45) is 0 Å². The van der Waals surface area contributed by atoms with Gasteiger partial charge in [0.2, 0.25) is 0 Å². The molecule has 0 amide bonds. The average Bonchev–Trinajstić information content (AvgIpc) is 2.74. The number of nitrogens with zero attached hydrogens (tertiary/aromatic N) is 1. The molecule has 0 N–H and O–H groups in total. The van der Waals surface area contributed by atoms with Crippen LogP contribution in [-0.2, 0) is 0 Å². The SMILES string of the molecule is CC#N.c1ccc2cc3occc3cc2c1. The Bertz CT molecular complexity index is 597. The number of nitriles is 1. The van der Waals surface area contributed by atoms with Crippen LogP contribution in [0, 0.1) is 11.3 Å². The summed E-state index contributed by atoms with van der Waals surface area (Å²) in [6.45, 7) is 1.43. The van der Waals surface area contributed by atoms with E-state index >= 15 is 0 Å². The van der Waals surface area contributed by atoms with Gasteiger partial charge in [-0.05, 0) is 29.0 Å². The fourth-order valence-electron chi connectivity index (χ4n) is 1.65. The van der Waals surface area contributed by atoms with Crippen molar-refractivity contribution >= 4 is 21.7 Å². The molecule has 1 aromatic heterocycles. The zero-order chi connectivity index (χ0) is 11.4. The Hall–Kier alpha value is -2.27. The molecule has 2 aromatic carbocycles. The van der Waals surface area contributed by atoms with Crippen LogP contribution < -0.4 is 0 Å².